The third-order valence-corrected chi connectivity index (χ3v) is 4.77. The van der Waals surface area contributed by atoms with Gasteiger partial charge in [0, 0.05) is 11.6 Å². The Hall–Kier alpha value is -2.90. The lowest BCUT2D eigenvalue weighted by atomic mass is 10.1. The van der Waals surface area contributed by atoms with Gasteiger partial charge in [-0.25, -0.2) is 4.79 Å². The van der Waals surface area contributed by atoms with E-state index in [2.05, 4.69) is 16.0 Å². The molecule has 1 aromatic carbocycles. The van der Waals surface area contributed by atoms with Crippen molar-refractivity contribution in [3.05, 3.63) is 34.9 Å². The molecule has 1 aliphatic rings. The van der Waals surface area contributed by atoms with Crippen LogP contribution >= 0.6 is 0 Å². The maximum Gasteiger partial charge on any atom is 0.326 e. The standard InChI is InChI=1S/C20H27N3O5/c1-12-8-9-15(10-13(12)2)19(26)21-11-17(24)28-14(3)18(25)23-20(27)22-16-6-4-5-7-16/h8-10,14,16H,4-7,11H2,1-3H3,(H,21,26)(H2,22,23,25,27)/t14-/m0/s1. The molecule has 0 heterocycles. The molecule has 152 valence electrons. The van der Waals surface area contributed by atoms with E-state index in [0.29, 0.717) is 5.56 Å². The van der Waals surface area contributed by atoms with E-state index in [9.17, 15) is 19.2 Å². The largest absolute Gasteiger partial charge is 0.451 e. The van der Waals surface area contributed by atoms with E-state index < -0.39 is 29.9 Å². The highest BCUT2D eigenvalue weighted by Gasteiger charge is 2.22. The Bertz CT molecular complexity index is 756. The molecule has 0 spiro atoms. The third-order valence-electron chi connectivity index (χ3n) is 4.77. The second kappa shape index (κ2) is 9.87. The summed E-state index contributed by atoms with van der Waals surface area (Å²) >= 11 is 0. The summed E-state index contributed by atoms with van der Waals surface area (Å²) in [5.74, 6) is -1.89. The summed E-state index contributed by atoms with van der Waals surface area (Å²) in [6.45, 7) is 4.82. The lowest BCUT2D eigenvalue weighted by Gasteiger charge is -2.15. The zero-order chi connectivity index (χ0) is 20.7. The van der Waals surface area contributed by atoms with Crippen molar-refractivity contribution in [3.63, 3.8) is 0 Å². The van der Waals surface area contributed by atoms with E-state index in [4.69, 9.17) is 4.74 Å². The number of hydrogen-bond donors (Lipinski definition) is 3. The van der Waals surface area contributed by atoms with Gasteiger partial charge >= 0.3 is 12.0 Å². The molecule has 3 N–H and O–H groups in total. The fourth-order valence-electron chi connectivity index (χ4n) is 2.93. The summed E-state index contributed by atoms with van der Waals surface area (Å²) in [4.78, 5) is 47.7. The first-order valence-electron chi connectivity index (χ1n) is 9.42. The first kappa shape index (κ1) is 21.4. The third kappa shape index (κ3) is 6.37. The zero-order valence-corrected chi connectivity index (χ0v) is 16.5. The molecule has 0 unspecified atom stereocenters. The quantitative estimate of drug-likeness (QED) is 0.641. The van der Waals surface area contributed by atoms with Crippen LogP contribution in [0.1, 0.15) is 54.1 Å². The van der Waals surface area contributed by atoms with Gasteiger partial charge < -0.3 is 15.4 Å². The predicted octanol–water partition coefficient (Wildman–Crippen LogP) is 1.73. The molecule has 1 aromatic rings. The van der Waals surface area contributed by atoms with Crippen LogP contribution in [-0.2, 0) is 14.3 Å². The Balaban J connectivity index is 1.73. The number of urea groups is 1. The van der Waals surface area contributed by atoms with Crippen LogP contribution in [-0.4, -0.2) is 42.5 Å². The van der Waals surface area contributed by atoms with Crippen molar-refractivity contribution in [1.82, 2.24) is 16.0 Å². The highest BCUT2D eigenvalue weighted by atomic mass is 16.5. The lowest BCUT2D eigenvalue weighted by Crippen LogP contribution is -2.47. The van der Waals surface area contributed by atoms with Gasteiger partial charge in [-0.1, -0.05) is 18.9 Å². The number of aryl methyl sites for hydroxylation is 2. The Morgan fingerprint density at radius 3 is 2.43 bits per heavy atom. The van der Waals surface area contributed by atoms with Gasteiger partial charge in [-0.15, -0.1) is 0 Å². The molecular formula is C20H27N3O5. The fraction of sp³-hybridized carbons (Fsp3) is 0.500. The number of carbonyl (C=O) groups excluding carboxylic acids is 4. The Kier molecular flexibility index (Phi) is 7.54. The number of benzene rings is 1. The van der Waals surface area contributed by atoms with Crippen molar-refractivity contribution in [2.24, 2.45) is 0 Å². The van der Waals surface area contributed by atoms with Crippen LogP contribution in [0.5, 0.6) is 0 Å². The molecular weight excluding hydrogens is 362 g/mol. The van der Waals surface area contributed by atoms with Gasteiger partial charge in [-0.2, -0.15) is 0 Å². The average Bonchev–Trinajstić information content (AvgIpc) is 3.14. The Morgan fingerprint density at radius 1 is 1.11 bits per heavy atom. The minimum atomic E-state index is -1.15. The van der Waals surface area contributed by atoms with Gasteiger partial charge in [0.25, 0.3) is 11.8 Å². The van der Waals surface area contributed by atoms with Gasteiger partial charge in [0.15, 0.2) is 6.10 Å². The molecule has 4 amide bonds. The van der Waals surface area contributed by atoms with Crippen LogP contribution in [0.2, 0.25) is 0 Å². The number of hydrogen-bond acceptors (Lipinski definition) is 5. The smallest absolute Gasteiger partial charge is 0.326 e. The van der Waals surface area contributed by atoms with Gasteiger partial charge in [-0.3, -0.25) is 19.7 Å². The fourth-order valence-corrected chi connectivity index (χ4v) is 2.93. The summed E-state index contributed by atoms with van der Waals surface area (Å²) in [5.41, 5.74) is 2.47. The molecule has 0 saturated heterocycles. The number of ether oxygens (including phenoxy) is 1. The van der Waals surface area contributed by atoms with E-state index in [1.165, 1.54) is 6.92 Å². The summed E-state index contributed by atoms with van der Waals surface area (Å²) < 4.78 is 4.97. The summed E-state index contributed by atoms with van der Waals surface area (Å²) in [6, 6.07) is 4.71. The molecule has 2 rings (SSSR count). The average molecular weight is 389 g/mol. The number of amides is 4. The minimum Gasteiger partial charge on any atom is -0.451 e. The number of esters is 1. The Morgan fingerprint density at radius 2 is 1.79 bits per heavy atom. The van der Waals surface area contributed by atoms with E-state index in [1.807, 2.05) is 19.9 Å². The SMILES string of the molecule is Cc1ccc(C(=O)NCC(=O)O[C@@H](C)C(=O)NC(=O)NC2CCCC2)cc1C. The van der Waals surface area contributed by atoms with Crippen LogP contribution in [0.4, 0.5) is 4.79 Å². The van der Waals surface area contributed by atoms with Gasteiger partial charge in [0.2, 0.25) is 0 Å². The van der Waals surface area contributed by atoms with Crippen LogP contribution in [0.15, 0.2) is 18.2 Å². The molecule has 28 heavy (non-hydrogen) atoms. The summed E-state index contributed by atoms with van der Waals surface area (Å²) in [6.07, 6.45) is 2.75. The van der Waals surface area contributed by atoms with Crippen LogP contribution in [0, 0.1) is 13.8 Å². The molecule has 8 heteroatoms. The molecule has 0 aromatic heterocycles. The van der Waals surface area contributed by atoms with Gasteiger partial charge in [0.05, 0.1) is 0 Å². The second-order valence-electron chi connectivity index (χ2n) is 7.06. The van der Waals surface area contributed by atoms with Crippen molar-refractivity contribution in [1.29, 1.82) is 0 Å². The number of imide groups is 1. The molecule has 1 aliphatic carbocycles. The van der Waals surface area contributed by atoms with Crippen molar-refractivity contribution < 1.29 is 23.9 Å². The minimum absolute atomic E-state index is 0.0753. The van der Waals surface area contributed by atoms with Gasteiger partial charge in [-0.05, 0) is 56.9 Å². The predicted molar refractivity (Wildman–Crippen MR) is 103 cm³/mol. The number of rotatable bonds is 6. The Labute approximate surface area is 164 Å². The van der Waals surface area contributed by atoms with Crippen molar-refractivity contribution in [2.45, 2.75) is 58.6 Å². The highest BCUT2D eigenvalue weighted by molar-refractivity contribution is 5.98. The van der Waals surface area contributed by atoms with E-state index in [1.54, 1.807) is 12.1 Å². The zero-order valence-electron chi connectivity index (χ0n) is 16.5. The second-order valence-corrected chi connectivity index (χ2v) is 7.06. The van der Waals surface area contributed by atoms with E-state index >= 15 is 0 Å². The normalized spacial score (nSPS) is 14.8. The van der Waals surface area contributed by atoms with Gasteiger partial charge in [0.1, 0.15) is 6.54 Å². The first-order valence-corrected chi connectivity index (χ1v) is 9.42. The van der Waals surface area contributed by atoms with Crippen LogP contribution in [0.25, 0.3) is 0 Å². The molecule has 8 nitrogen and oxygen atoms in total. The van der Waals surface area contributed by atoms with Crippen molar-refractivity contribution in [2.75, 3.05) is 6.54 Å². The molecule has 1 atom stereocenters. The van der Waals surface area contributed by atoms with Crippen molar-refractivity contribution >= 4 is 23.8 Å². The lowest BCUT2D eigenvalue weighted by molar-refractivity contribution is -0.153. The molecule has 0 radical (unpaired) electrons. The maximum absolute atomic E-state index is 12.1. The van der Waals surface area contributed by atoms with Crippen LogP contribution < -0.4 is 16.0 Å². The molecule has 1 saturated carbocycles. The maximum atomic E-state index is 12.1. The monoisotopic (exact) mass is 389 g/mol. The summed E-state index contributed by atoms with van der Waals surface area (Å²) in [7, 11) is 0. The van der Waals surface area contributed by atoms with Crippen molar-refractivity contribution in [3.8, 4) is 0 Å². The number of carbonyl (C=O) groups is 4. The van der Waals surface area contributed by atoms with Crippen LogP contribution in [0.3, 0.4) is 0 Å². The molecule has 0 bridgehead atoms. The number of nitrogens with one attached hydrogen (secondary N) is 3. The molecule has 0 aliphatic heterocycles. The summed E-state index contributed by atoms with van der Waals surface area (Å²) in [5, 5.41) is 7.33. The van der Waals surface area contributed by atoms with E-state index in [-0.39, 0.29) is 12.6 Å². The highest BCUT2D eigenvalue weighted by Crippen LogP contribution is 2.17. The first-order chi connectivity index (χ1) is 13.3. The van der Waals surface area contributed by atoms with E-state index in [0.717, 1.165) is 36.8 Å². The topological polar surface area (TPSA) is 114 Å². The molecule has 1 fully saturated rings.